The molecular formula is C16H26F2IN3O3S. The molecule has 0 aromatic heterocycles. The van der Waals surface area contributed by atoms with Crippen molar-refractivity contribution in [2.75, 3.05) is 31.6 Å². The van der Waals surface area contributed by atoms with Crippen molar-refractivity contribution in [2.24, 2.45) is 4.99 Å². The first kappa shape index (κ1) is 24.8. The summed E-state index contributed by atoms with van der Waals surface area (Å²) in [4.78, 5) is 6.17. The predicted octanol–water partition coefficient (Wildman–Crippen LogP) is 2.74. The molecule has 0 unspecified atom stereocenters. The Morgan fingerprint density at radius 3 is 2.38 bits per heavy atom. The second-order valence-corrected chi connectivity index (χ2v) is 7.82. The summed E-state index contributed by atoms with van der Waals surface area (Å²) < 4.78 is 51.7. The van der Waals surface area contributed by atoms with Gasteiger partial charge in [0.2, 0.25) is 0 Å². The van der Waals surface area contributed by atoms with E-state index in [0.29, 0.717) is 19.0 Å². The van der Waals surface area contributed by atoms with Crippen LogP contribution in [0.15, 0.2) is 29.3 Å². The van der Waals surface area contributed by atoms with Gasteiger partial charge in [-0.3, -0.25) is 4.99 Å². The van der Waals surface area contributed by atoms with E-state index in [1.165, 1.54) is 12.1 Å². The molecule has 0 aliphatic carbocycles. The summed E-state index contributed by atoms with van der Waals surface area (Å²) >= 11 is 0. The number of benzene rings is 1. The van der Waals surface area contributed by atoms with Gasteiger partial charge in [0.1, 0.15) is 5.75 Å². The third-order valence-electron chi connectivity index (χ3n) is 3.37. The molecule has 0 aliphatic rings. The first-order valence-electron chi connectivity index (χ1n) is 8.01. The standard InChI is InChI=1S/C16H25F2N3O3S.HI/c1-4-19-16(20-10-11-25(22,23)5-2)21(3)12-13-6-8-14(9-7-13)24-15(17)18;/h6-9,15H,4-5,10-12H2,1-3H3,(H,19,20);1H. The normalized spacial score (nSPS) is 11.8. The summed E-state index contributed by atoms with van der Waals surface area (Å²) in [6.45, 7) is 2.00. The molecule has 150 valence electrons. The third-order valence-corrected chi connectivity index (χ3v) is 5.05. The minimum atomic E-state index is -3.06. The van der Waals surface area contributed by atoms with Gasteiger partial charge in [-0.2, -0.15) is 8.78 Å². The van der Waals surface area contributed by atoms with Gasteiger partial charge in [-0.15, -0.1) is 24.0 Å². The second-order valence-electron chi connectivity index (χ2n) is 5.35. The van der Waals surface area contributed by atoms with Gasteiger partial charge in [0, 0.05) is 25.9 Å². The summed E-state index contributed by atoms with van der Waals surface area (Å²) in [7, 11) is -1.24. The molecule has 6 nitrogen and oxygen atoms in total. The van der Waals surface area contributed by atoms with Crippen molar-refractivity contribution in [3.8, 4) is 5.75 Å². The van der Waals surface area contributed by atoms with Crippen LogP contribution < -0.4 is 10.1 Å². The highest BCUT2D eigenvalue weighted by Crippen LogP contribution is 2.15. The lowest BCUT2D eigenvalue weighted by molar-refractivity contribution is -0.0498. The maximum Gasteiger partial charge on any atom is 0.387 e. The van der Waals surface area contributed by atoms with Gasteiger partial charge in [-0.05, 0) is 24.6 Å². The zero-order valence-corrected chi connectivity index (χ0v) is 18.3. The van der Waals surface area contributed by atoms with Crippen LogP contribution >= 0.6 is 24.0 Å². The first-order valence-corrected chi connectivity index (χ1v) is 9.83. The number of ether oxygens (including phenoxy) is 1. The fourth-order valence-corrected chi connectivity index (χ4v) is 2.69. The van der Waals surface area contributed by atoms with E-state index in [9.17, 15) is 17.2 Å². The zero-order chi connectivity index (χ0) is 18.9. The maximum atomic E-state index is 12.2. The molecule has 0 heterocycles. The highest BCUT2D eigenvalue weighted by molar-refractivity contribution is 14.0. The van der Waals surface area contributed by atoms with Gasteiger partial charge >= 0.3 is 6.61 Å². The fourth-order valence-electron chi connectivity index (χ4n) is 2.03. The molecule has 0 amide bonds. The lowest BCUT2D eigenvalue weighted by Crippen LogP contribution is -2.38. The lowest BCUT2D eigenvalue weighted by atomic mass is 10.2. The molecule has 0 fully saturated rings. The van der Waals surface area contributed by atoms with Crippen LogP contribution in [0.1, 0.15) is 19.4 Å². The topological polar surface area (TPSA) is 71.0 Å². The van der Waals surface area contributed by atoms with Gasteiger partial charge in [0.05, 0.1) is 12.3 Å². The Balaban J connectivity index is 0.00000625. The zero-order valence-electron chi connectivity index (χ0n) is 15.1. The van der Waals surface area contributed by atoms with Crippen LogP contribution in [-0.4, -0.2) is 57.5 Å². The highest BCUT2D eigenvalue weighted by atomic mass is 127. The third kappa shape index (κ3) is 9.51. The van der Waals surface area contributed by atoms with Gasteiger partial charge in [0.25, 0.3) is 0 Å². The van der Waals surface area contributed by atoms with Gasteiger partial charge in [-0.1, -0.05) is 19.1 Å². The minimum absolute atomic E-state index is 0. The van der Waals surface area contributed by atoms with E-state index in [4.69, 9.17) is 0 Å². The monoisotopic (exact) mass is 505 g/mol. The van der Waals surface area contributed by atoms with Crippen LogP contribution in [0.4, 0.5) is 8.78 Å². The van der Waals surface area contributed by atoms with Crippen LogP contribution in [0.3, 0.4) is 0 Å². The lowest BCUT2D eigenvalue weighted by Gasteiger charge is -2.22. The van der Waals surface area contributed by atoms with E-state index in [0.717, 1.165) is 5.56 Å². The predicted molar refractivity (Wildman–Crippen MR) is 110 cm³/mol. The van der Waals surface area contributed by atoms with Crippen molar-refractivity contribution in [1.29, 1.82) is 0 Å². The van der Waals surface area contributed by atoms with Crippen molar-refractivity contribution < 1.29 is 21.9 Å². The van der Waals surface area contributed by atoms with Crippen molar-refractivity contribution in [1.82, 2.24) is 10.2 Å². The Kier molecular flexibility index (Phi) is 11.7. The van der Waals surface area contributed by atoms with E-state index >= 15 is 0 Å². The number of guanidine groups is 1. The largest absolute Gasteiger partial charge is 0.435 e. The molecule has 0 radical (unpaired) electrons. The number of sulfone groups is 1. The summed E-state index contributed by atoms with van der Waals surface area (Å²) in [6.07, 6.45) is 0. The van der Waals surface area contributed by atoms with Crippen LogP contribution in [0, 0.1) is 0 Å². The quantitative estimate of drug-likeness (QED) is 0.318. The molecule has 1 aromatic rings. The van der Waals surface area contributed by atoms with Crippen molar-refractivity contribution >= 4 is 39.8 Å². The number of rotatable bonds is 9. The molecule has 0 atom stereocenters. The smallest absolute Gasteiger partial charge is 0.387 e. The molecule has 0 spiro atoms. The number of nitrogens with zero attached hydrogens (tertiary/aromatic N) is 2. The number of nitrogens with one attached hydrogen (secondary N) is 1. The average molecular weight is 505 g/mol. The van der Waals surface area contributed by atoms with Crippen LogP contribution in [0.5, 0.6) is 5.75 Å². The van der Waals surface area contributed by atoms with Crippen LogP contribution in [-0.2, 0) is 16.4 Å². The number of aliphatic imine (C=N–C) groups is 1. The van der Waals surface area contributed by atoms with Gasteiger partial charge in [0.15, 0.2) is 15.8 Å². The highest BCUT2D eigenvalue weighted by Gasteiger charge is 2.10. The summed E-state index contributed by atoms with van der Waals surface area (Å²) in [5.41, 5.74) is 0.885. The van der Waals surface area contributed by atoms with Gasteiger partial charge in [-0.25, -0.2) is 8.42 Å². The van der Waals surface area contributed by atoms with E-state index in [-0.39, 0.29) is 47.8 Å². The Labute approximate surface area is 170 Å². The molecule has 1 rings (SSSR count). The SMILES string of the molecule is CCNC(=NCCS(=O)(=O)CC)N(C)Cc1ccc(OC(F)F)cc1.I. The van der Waals surface area contributed by atoms with E-state index in [2.05, 4.69) is 15.0 Å². The molecule has 0 aliphatic heterocycles. The molecule has 0 saturated carbocycles. The minimum Gasteiger partial charge on any atom is -0.435 e. The Morgan fingerprint density at radius 2 is 1.88 bits per heavy atom. The fraction of sp³-hybridized carbons (Fsp3) is 0.562. The van der Waals surface area contributed by atoms with Crippen molar-refractivity contribution in [3.63, 3.8) is 0 Å². The maximum absolute atomic E-state index is 12.2. The first-order chi connectivity index (χ1) is 11.8. The molecule has 0 bridgehead atoms. The van der Waals surface area contributed by atoms with Crippen molar-refractivity contribution in [3.05, 3.63) is 29.8 Å². The molecule has 0 saturated heterocycles. The number of alkyl halides is 2. The van der Waals surface area contributed by atoms with Crippen molar-refractivity contribution in [2.45, 2.75) is 27.0 Å². The van der Waals surface area contributed by atoms with E-state index in [1.54, 1.807) is 19.1 Å². The van der Waals surface area contributed by atoms with Crippen LogP contribution in [0.2, 0.25) is 0 Å². The Hall–Kier alpha value is -1.17. The number of hydrogen-bond acceptors (Lipinski definition) is 4. The molecular weight excluding hydrogens is 479 g/mol. The Morgan fingerprint density at radius 1 is 1.27 bits per heavy atom. The Bertz CT molecular complexity index is 655. The molecule has 26 heavy (non-hydrogen) atoms. The summed E-state index contributed by atoms with van der Waals surface area (Å²) in [5.74, 6) is 0.793. The van der Waals surface area contributed by atoms with Crippen LogP contribution in [0.25, 0.3) is 0 Å². The number of halogens is 3. The summed E-state index contributed by atoms with van der Waals surface area (Å²) in [6, 6.07) is 6.35. The summed E-state index contributed by atoms with van der Waals surface area (Å²) in [5, 5.41) is 3.10. The van der Waals surface area contributed by atoms with Gasteiger partial charge < -0.3 is 15.0 Å². The average Bonchev–Trinajstić information content (AvgIpc) is 2.55. The number of hydrogen-bond donors (Lipinski definition) is 1. The van der Waals surface area contributed by atoms with E-state index < -0.39 is 16.4 Å². The molecule has 1 aromatic carbocycles. The second kappa shape index (κ2) is 12.3. The molecule has 1 N–H and O–H groups in total. The van der Waals surface area contributed by atoms with E-state index in [1.807, 2.05) is 18.9 Å². The molecule has 10 heteroatoms.